The summed E-state index contributed by atoms with van der Waals surface area (Å²) in [5.41, 5.74) is 12.3. The summed E-state index contributed by atoms with van der Waals surface area (Å²) < 4.78 is 5.23. The molecule has 0 saturated carbocycles. The maximum Gasteiger partial charge on any atom is 0.569 e. The van der Waals surface area contributed by atoms with Crippen LogP contribution in [0.2, 0.25) is 0 Å². The highest BCUT2D eigenvalue weighted by Crippen LogP contribution is 2.62. The van der Waals surface area contributed by atoms with Crippen LogP contribution in [0.4, 0.5) is 0 Å². The minimum atomic E-state index is -0.345. The van der Waals surface area contributed by atoms with Gasteiger partial charge >= 0.3 is 7.69 Å². The molecule has 7 rings (SSSR count). The summed E-state index contributed by atoms with van der Waals surface area (Å²) in [6, 6.07) is 41.1. The van der Waals surface area contributed by atoms with Crippen molar-refractivity contribution < 1.29 is 9.68 Å². The van der Waals surface area contributed by atoms with E-state index in [2.05, 4.69) is 97.1 Å². The van der Waals surface area contributed by atoms with Crippen LogP contribution in [0.3, 0.4) is 0 Å². The van der Waals surface area contributed by atoms with Gasteiger partial charge in [-0.3, -0.25) is 0 Å². The summed E-state index contributed by atoms with van der Waals surface area (Å²) in [6.45, 7) is 0. The van der Waals surface area contributed by atoms with Crippen LogP contribution in [-0.4, -0.2) is 12.7 Å². The molecule has 5 aromatic rings. The normalized spacial score (nSPS) is 13.7. The number of fused-ring (bicyclic) bond motifs is 10. The van der Waals surface area contributed by atoms with E-state index < -0.39 is 0 Å². The molecule has 0 fully saturated rings. The Balaban J connectivity index is 1.56. The largest absolute Gasteiger partial charge is 0.569 e. The fourth-order valence-electron chi connectivity index (χ4n) is 6.08. The molecule has 34 heavy (non-hydrogen) atoms. The molecule has 2 aliphatic carbocycles. The Bertz CT molecular complexity index is 1520. The zero-order chi connectivity index (χ0) is 22.7. The second kappa shape index (κ2) is 7.21. The molecule has 0 heterocycles. The van der Waals surface area contributed by atoms with Crippen molar-refractivity contribution in [1.82, 2.24) is 0 Å². The third kappa shape index (κ3) is 2.45. The molecule has 2 aliphatic rings. The first-order valence-electron chi connectivity index (χ1n) is 11.5. The van der Waals surface area contributed by atoms with E-state index in [9.17, 15) is 0 Å². The third-order valence-corrected chi connectivity index (χ3v) is 7.35. The Kier molecular flexibility index (Phi) is 4.11. The standard InChI is InChI=1S/C31H20BO2/c33-32-34-22-9-7-8-20(18-22)21-16-17-26-25-12-3-6-15-29(25)31(30(26)19-21)27-13-4-1-10-23(27)24-11-2-5-14-28(24)31/h1-19,33H. The molecule has 3 heteroatoms. The Labute approximate surface area is 199 Å². The summed E-state index contributed by atoms with van der Waals surface area (Å²) in [7, 11) is 0.722. The first-order valence-corrected chi connectivity index (χ1v) is 11.5. The lowest BCUT2D eigenvalue weighted by Crippen LogP contribution is -2.25. The topological polar surface area (TPSA) is 29.5 Å². The second-order valence-corrected chi connectivity index (χ2v) is 8.90. The Morgan fingerprint density at radius 3 is 1.62 bits per heavy atom. The van der Waals surface area contributed by atoms with E-state index in [-0.39, 0.29) is 5.41 Å². The number of hydrogen-bond donors (Lipinski definition) is 1. The molecule has 0 unspecified atom stereocenters. The van der Waals surface area contributed by atoms with Crippen molar-refractivity contribution >= 4 is 7.69 Å². The molecule has 0 aliphatic heterocycles. The van der Waals surface area contributed by atoms with Crippen LogP contribution in [0.1, 0.15) is 22.3 Å². The van der Waals surface area contributed by atoms with Gasteiger partial charge in [0.2, 0.25) is 0 Å². The number of hydrogen-bond acceptors (Lipinski definition) is 2. The zero-order valence-electron chi connectivity index (χ0n) is 18.4. The first kappa shape index (κ1) is 19.4. The Hall–Kier alpha value is -4.08. The van der Waals surface area contributed by atoms with Gasteiger partial charge < -0.3 is 9.68 Å². The Morgan fingerprint density at radius 2 is 1.03 bits per heavy atom. The average Bonchev–Trinajstić information content (AvgIpc) is 3.36. The van der Waals surface area contributed by atoms with Crippen molar-refractivity contribution in [3.63, 3.8) is 0 Å². The molecule has 1 spiro atoms. The SMILES string of the molecule is O[B]Oc1cccc(-c2ccc3c(c2)C2(c4ccccc4-c4ccccc42)c2ccccc2-3)c1. The minimum absolute atomic E-state index is 0.345. The summed E-state index contributed by atoms with van der Waals surface area (Å²) in [6.07, 6.45) is 0. The van der Waals surface area contributed by atoms with Gasteiger partial charge in [0, 0.05) is 0 Å². The van der Waals surface area contributed by atoms with E-state index in [4.69, 9.17) is 9.68 Å². The maximum absolute atomic E-state index is 9.09. The molecule has 0 saturated heterocycles. The van der Waals surface area contributed by atoms with Crippen molar-refractivity contribution in [1.29, 1.82) is 0 Å². The average molecular weight is 435 g/mol. The highest BCUT2D eigenvalue weighted by molar-refractivity contribution is 6.17. The predicted octanol–water partition coefficient (Wildman–Crippen LogP) is 6.60. The zero-order valence-corrected chi connectivity index (χ0v) is 18.4. The van der Waals surface area contributed by atoms with E-state index >= 15 is 0 Å². The van der Waals surface area contributed by atoms with E-state index in [1.807, 2.05) is 18.2 Å². The number of rotatable bonds is 3. The molecule has 1 radical (unpaired) electrons. The molecule has 0 aromatic heterocycles. The van der Waals surface area contributed by atoms with E-state index in [1.54, 1.807) is 0 Å². The lowest BCUT2D eigenvalue weighted by molar-refractivity contribution is 0.454. The molecule has 2 nitrogen and oxygen atoms in total. The van der Waals surface area contributed by atoms with E-state index in [0.717, 1.165) is 18.8 Å². The van der Waals surface area contributed by atoms with Gasteiger partial charge in [-0.25, -0.2) is 0 Å². The molecule has 1 N–H and O–H groups in total. The molecule has 0 bridgehead atoms. The molecular weight excluding hydrogens is 415 g/mol. The van der Waals surface area contributed by atoms with Crippen molar-refractivity contribution in [2.45, 2.75) is 5.41 Å². The molecule has 0 amide bonds. The predicted molar refractivity (Wildman–Crippen MR) is 137 cm³/mol. The van der Waals surface area contributed by atoms with Crippen molar-refractivity contribution in [3.05, 3.63) is 138 Å². The van der Waals surface area contributed by atoms with Gasteiger partial charge in [-0.05, 0) is 73.8 Å². The lowest BCUT2D eigenvalue weighted by atomic mass is 9.70. The third-order valence-electron chi connectivity index (χ3n) is 7.35. The number of benzene rings is 5. The first-order chi connectivity index (χ1) is 16.8. The quantitative estimate of drug-likeness (QED) is 0.317. The van der Waals surface area contributed by atoms with Crippen LogP contribution in [-0.2, 0) is 5.41 Å². The highest BCUT2D eigenvalue weighted by Gasteiger charge is 2.51. The molecule has 159 valence electrons. The van der Waals surface area contributed by atoms with Gasteiger partial charge in [0.15, 0.2) is 0 Å². The van der Waals surface area contributed by atoms with Crippen molar-refractivity contribution in [2.75, 3.05) is 0 Å². The molecule has 0 atom stereocenters. The van der Waals surface area contributed by atoms with Crippen LogP contribution < -0.4 is 4.65 Å². The van der Waals surface area contributed by atoms with E-state index in [0.29, 0.717) is 5.75 Å². The molecular formula is C31H20BO2. The van der Waals surface area contributed by atoms with Gasteiger partial charge in [0.25, 0.3) is 0 Å². The lowest BCUT2D eigenvalue weighted by Gasteiger charge is -2.30. The monoisotopic (exact) mass is 435 g/mol. The van der Waals surface area contributed by atoms with Crippen LogP contribution in [0, 0.1) is 0 Å². The summed E-state index contributed by atoms with van der Waals surface area (Å²) in [5.74, 6) is 0.607. The van der Waals surface area contributed by atoms with Crippen LogP contribution in [0.25, 0.3) is 33.4 Å². The fourth-order valence-corrected chi connectivity index (χ4v) is 6.08. The molecule has 5 aromatic carbocycles. The summed E-state index contributed by atoms with van der Waals surface area (Å²) >= 11 is 0. The summed E-state index contributed by atoms with van der Waals surface area (Å²) in [4.78, 5) is 0. The summed E-state index contributed by atoms with van der Waals surface area (Å²) in [5, 5.41) is 9.09. The van der Waals surface area contributed by atoms with Crippen LogP contribution in [0.15, 0.2) is 115 Å². The minimum Gasteiger partial charge on any atom is -0.537 e. The maximum atomic E-state index is 9.09. The van der Waals surface area contributed by atoms with E-state index in [1.165, 1.54) is 44.5 Å². The smallest absolute Gasteiger partial charge is 0.537 e. The van der Waals surface area contributed by atoms with Crippen molar-refractivity contribution in [3.8, 4) is 39.1 Å². The second-order valence-electron chi connectivity index (χ2n) is 8.90. The van der Waals surface area contributed by atoms with Crippen LogP contribution >= 0.6 is 0 Å². The highest BCUT2D eigenvalue weighted by atomic mass is 16.5. The Morgan fingerprint density at radius 1 is 0.500 bits per heavy atom. The van der Waals surface area contributed by atoms with Gasteiger partial charge in [-0.1, -0.05) is 97.1 Å². The van der Waals surface area contributed by atoms with Gasteiger partial charge in [0.1, 0.15) is 5.75 Å². The van der Waals surface area contributed by atoms with Gasteiger partial charge in [-0.15, -0.1) is 0 Å². The fraction of sp³-hybridized carbons (Fsp3) is 0.0323. The van der Waals surface area contributed by atoms with Crippen LogP contribution in [0.5, 0.6) is 5.75 Å². The van der Waals surface area contributed by atoms with Gasteiger partial charge in [0.05, 0.1) is 5.41 Å². The van der Waals surface area contributed by atoms with Crippen molar-refractivity contribution in [2.24, 2.45) is 0 Å². The van der Waals surface area contributed by atoms with Gasteiger partial charge in [-0.2, -0.15) is 0 Å².